The summed E-state index contributed by atoms with van der Waals surface area (Å²) in [6.07, 6.45) is 2.28. The van der Waals surface area contributed by atoms with Gasteiger partial charge in [-0.25, -0.2) is 0 Å². The fourth-order valence-corrected chi connectivity index (χ4v) is 2.13. The molecule has 12 heavy (non-hydrogen) atoms. The summed E-state index contributed by atoms with van der Waals surface area (Å²) in [4.78, 5) is 2.31. The van der Waals surface area contributed by atoms with Crippen LogP contribution >= 0.6 is 0 Å². The second kappa shape index (κ2) is 4.22. The average Bonchev–Trinajstić information content (AvgIpc) is 2.31. The molecule has 72 valence electrons. The van der Waals surface area contributed by atoms with Gasteiger partial charge in [0.05, 0.1) is 6.67 Å². The summed E-state index contributed by atoms with van der Waals surface area (Å²) in [6.45, 7) is 5.28. The van der Waals surface area contributed by atoms with Crippen LogP contribution < -0.4 is 0 Å². The highest BCUT2D eigenvalue weighted by Crippen LogP contribution is 2.26. The van der Waals surface area contributed by atoms with Crippen molar-refractivity contribution in [2.24, 2.45) is 11.8 Å². The minimum atomic E-state index is -0.140. The highest BCUT2D eigenvalue weighted by atomic mass is 19.1. The molecule has 0 radical (unpaired) electrons. The van der Waals surface area contributed by atoms with Crippen LogP contribution in [0.1, 0.15) is 26.7 Å². The third-order valence-electron chi connectivity index (χ3n) is 2.74. The molecule has 0 saturated carbocycles. The van der Waals surface area contributed by atoms with Crippen molar-refractivity contribution in [1.82, 2.24) is 4.90 Å². The number of nitrogens with zero attached hydrogens (tertiary/aromatic N) is 1. The molecule has 0 bridgehead atoms. The van der Waals surface area contributed by atoms with Crippen LogP contribution in [0.4, 0.5) is 4.39 Å². The van der Waals surface area contributed by atoms with E-state index < -0.39 is 0 Å². The zero-order valence-corrected chi connectivity index (χ0v) is 8.39. The first-order valence-electron chi connectivity index (χ1n) is 4.89. The van der Waals surface area contributed by atoms with Gasteiger partial charge in [0.15, 0.2) is 0 Å². The minimum Gasteiger partial charge on any atom is -0.303 e. The molecule has 0 aromatic carbocycles. The zero-order valence-electron chi connectivity index (χ0n) is 8.39. The molecule has 1 fully saturated rings. The summed E-state index contributed by atoms with van der Waals surface area (Å²) in [7, 11) is 2.11. The smallest absolute Gasteiger partial charge is 0.0935 e. The Balaban J connectivity index is 2.35. The van der Waals surface area contributed by atoms with E-state index in [9.17, 15) is 4.39 Å². The first-order valence-corrected chi connectivity index (χ1v) is 4.89. The average molecular weight is 173 g/mol. The van der Waals surface area contributed by atoms with E-state index in [4.69, 9.17) is 0 Å². The van der Waals surface area contributed by atoms with Crippen molar-refractivity contribution in [2.45, 2.75) is 32.7 Å². The summed E-state index contributed by atoms with van der Waals surface area (Å²) in [6, 6.07) is 0.630. The predicted octanol–water partition coefficient (Wildman–Crippen LogP) is 2.32. The lowest BCUT2D eigenvalue weighted by molar-refractivity contribution is 0.269. The third-order valence-corrected chi connectivity index (χ3v) is 2.74. The highest BCUT2D eigenvalue weighted by molar-refractivity contribution is 4.83. The number of rotatable bonds is 3. The minimum absolute atomic E-state index is 0.140. The van der Waals surface area contributed by atoms with E-state index in [0.29, 0.717) is 12.0 Å². The fraction of sp³-hybridized carbons (Fsp3) is 1.00. The largest absolute Gasteiger partial charge is 0.303 e. The monoisotopic (exact) mass is 173 g/mol. The van der Waals surface area contributed by atoms with Crippen LogP contribution in [0.2, 0.25) is 0 Å². The molecular weight excluding hydrogens is 153 g/mol. The molecule has 0 N–H and O–H groups in total. The Bertz CT molecular complexity index is 136. The molecule has 1 aliphatic heterocycles. The topological polar surface area (TPSA) is 3.24 Å². The second-order valence-electron chi connectivity index (χ2n) is 4.48. The van der Waals surface area contributed by atoms with Crippen LogP contribution in [0, 0.1) is 11.8 Å². The van der Waals surface area contributed by atoms with Gasteiger partial charge in [0.25, 0.3) is 0 Å². The molecule has 0 aromatic heterocycles. The number of likely N-dealkylation sites (tertiary alicyclic amines) is 1. The SMILES string of the molecule is CC(C)C[C@@H]1C[C@@H](CF)CN1C. The van der Waals surface area contributed by atoms with Crippen molar-refractivity contribution >= 4 is 0 Å². The molecule has 0 spiro atoms. The van der Waals surface area contributed by atoms with E-state index in [1.54, 1.807) is 0 Å². The summed E-state index contributed by atoms with van der Waals surface area (Å²) < 4.78 is 12.4. The lowest BCUT2D eigenvalue weighted by Crippen LogP contribution is -2.26. The van der Waals surface area contributed by atoms with Crippen molar-refractivity contribution in [3.8, 4) is 0 Å². The van der Waals surface area contributed by atoms with Gasteiger partial charge in [-0.3, -0.25) is 4.39 Å². The van der Waals surface area contributed by atoms with Crippen LogP contribution in [0.5, 0.6) is 0 Å². The first kappa shape index (κ1) is 9.97. The van der Waals surface area contributed by atoms with Crippen molar-refractivity contribution < 1.29 is 4.39 Å². The molecule has 2 atom stereocenters. The summed E-state index contributed by atoms with van der Waals surface area (Å²) >= 11 is 0. The zero-order chi connectivity index (χ0) is 9.14. The summed E-state index contributed by atoms with van der Waals surface area (Å²) in [5.41, 5.74) is 0. The summed E-state index contributed by atoms with van der Waals surface area (Å²) in [5, 5.41) is 0. The Kier molecular flexibility index (Phi) is 3.51. The summed E-state index contributed by atoms with van der Waals surface area (Å²) in [5.74, 6) is 1.04. The molecule has 0 amide bonds. The van der Waals surface area contributed by atoms with Gasteiger partial charge in [0.1, 0.15) is 0 Å². The Labute approximate surface area is 74.9 Å². The van der Waals surface area contributed by atoms with Crippen LogP contribution in [0.3, 0.4) is 0 Å². The molecule has 0 aromatic rings. The van der Waals surface area contributed by atoms with Gasteiger partial charge in [-0.2, -0.15) is 0 Å². The van der Waals surface area contributed by atoms with Gasteiger partial charge in [0.2, 0.25) is 0 Å². The first-order chi connectivity index (χ1) is 5.63. The quantitative estimate of drug-likeness (QED) is 0.633. The number of halogens is 1. The molecule has 0 unspecified atom stereocenters. The van der Waals surface area contributed by atoms with Gasteiger partial charge in [0, 0.05) is 18.5 Å². The molecule has 1 rings (SSSR count). The highest BCUT2D eigenvalue weighted by Gasteiger charge is 2.29. The van der Waals surface area contributed by atoms with Gasteiger partial charge in [-0.15, -0.1) is 0 Å². The normalized spacial score (nSPS) is 31.8. The lowest BCUT2D eigenvalue weighted by atomic mass is 9.99. The van der Waals surface area contributed by atoms with Crippen molar-refractivity contribution in [3.63, 3.8) is 0 Å². The van der Waals surface area contributed by atoms with Gasteiger partial charge in [-0.05, 0) is 25.8 Å². The van der Waals surface area contributed by atoms with Crippen molar-refractivity contribution in [3.05, 3.63) is 0 Å². The molecule has 1 saturated heterocycles. The maximum Gasteiger partial charge on any atom is 0.0935 e. The van der Waals surface area contributed by atoms with E-state index >= 15 is 0 Å². The van der Waals surface area contributed by atoms with E-state index in [0.717, 1.165) is 18.9 Å². The van der Waals surface area contributed by atoms with Crippen LogP contribution in [0.15, 0.2) is 0 Å². The Morgan fingerprint density at radius 3 is 2.58 bits per heavy atom. The predicted molar refractivity (Wildman–Crippen MR) is 50.0 cm³/mol. The second-order valence-corrected chi connectivity index (χ2v) is 4.48. The van der Waals surface area contributed by atoms with Crippen molar-refractivity contribution in [2.75, 3.05) is 20.3 Å². The van der Waals surface area contributed by atoms with Crippen LogP contribution in [-0.4, -0.2) is 31.2 Å². The van der Waals surface area contributed by atoms with E-state index in [-0.39, 0.29) is 6.67 Å². The molecule has 1 aliphatic rings. The molecule has 0 aliphatic carbocycles. The fourth-order valence-electron chi connectivity index (χ4n) is 2.13. The van der Waals surface area contributed by atoms with E-state index in [2.05, 4.69) is 25.8 Å². The van der Waals surface area contributed by atoms with Crippen molar-refractivity contribution in [1.29, 1.82) is 0 Å². The lowest BCUT2D eigenvalue weighted by Gasteiger charge is -2.20. The standard InChI is InChI=1S/C10H20FN/c1-8(2)4-10-5-9(6-11)7-12(10)3/h8-10H,4-7H2,1-3H3/t9-,10+/m0/s1. The molecule has 1 heterocycles. The third kappa shape index (κ3) is 2.44. The molecule has 2 heteroatoms. The molecular formula is C10H20FN. The Morgan fingerprint density at radius 1 is 1.50 bits per heavy atom. The number of alkyl halides is 1. The van der Waals surface area contributed by atoms with Gasteiger partial charge in [-0.1, -0.05) is 13.8 Å². The maximum absolute atomic E-state index is 12.4. The van der Waals surface area contributed by atoms with Crippen LogP contribution in [0.25, 0.3) is 0 Å². The van der Waals surface area contributed by atoms with E-state index in [1.807, 2.05) is 0 Å². The Hall–Kier alpha value is -0.110. The van der Waals surface area contributed by atoms with Crippen LogP contribution in [-0.2, 0) is 0 Å². The van der Waals surface area contributed by atoms with Gasteiger partial charge >= 0.3 is 0 Å². The van der Waals surface area contributed by atoms with E-state index in [1.165, 1.54) is 6.42 Å². The molecule has 1 nitrogen and oxygen atoms in total. The van der Waals surface area contributed by atoms with Gasteiger partial charge < -0.3 is 4.90 Å². The number of hydrogen-bond donors (Lipinski definition) is 0. The number of hydrogen-bond acceptors (Lipinski definition) is 1. The Morgan fingerprint density at radius 2 is 2.17 bits per heavy atom. The maximum atomic E-state index is 12.4.